The van der Waals surface area contributed by atoms with Crippen molar-refractivity contribution >= 4 is 17.5 Å². The van der Waals surface area contributed by atoms with Gasteiger partial charge in [0.25, 0.3) is 0 Å². The van der Waals surface area contributed by atoms with Crippen LogP contribution in [0.4, 0.5) is 0 Å². The fourth-order valence-corrected chi connectivity index (χ4v) is 1.89. The van der Waals surface area contributed by atoms with Crippen LogP contribution in [0.2, 0.25) is 0 Å². The van der Waals surface area contributed by atoms with Crippen molar-refractivity contribution in [1.29, 1.82) is 0 Å². The highest BCUT2D eigenvalue weighted by atomic mass is 16.5. The van der Waals surface area contributed by atoms with E-state index in [1.54, 1.807) is 44.6 Å². The summed E-state index contributed by atoms with van der Waals surface area (Å²) in [5.41, 5.74) is 2.54. The summed E-state index contributed by atoms with van der Waals surface area (Å²) >= 11 is 0. The quantitative estimate of drug-likeness (QED) is 0.456. The first kappa shape index (κ1) is 18.2. The maximum Gasteiger partial charge on any atom is 0.338 e. The fourth-order valence-electron chi connectivity index (χ4n) is 1.89. The predicted octanol–water partition coefficient (Wildman–Crippen LogP) is 4.33. The van der Waals surface area contributed by atoms with Gasteiger partial charge >= 0.3 is 11.9 Å². The standard InChI is InChI=1S/C21H19O4/c1-14(2)20(22)24-18-7-5-6-16(8-11-18)17-9-12-19(13-10-17)25-21(23)15(3)4/h5-13H,1,3H2,2,4H3. The number of allylic oxidation sites excluding steroid dienone is 5. The molecular formula is C21H19O4. The van der Waals surface area contributed by atoms with Crippen molar-refractivity contribution in [1.82, 2.24) is 0 Å². The van der Waals surface area contributed by atoms with E-state index in [4.69, 9.17) is 9.47 Å². The molecule has 1 aromatic carbocycles. The van der Waals surface area contributed by atoms with Crippen LogP contribution < -0.4 is 4.74 Å². The zero-order valence-electron chi connectivity index (χ0n) is 14.2. The van der Waals surface area contributed by atoms with Gasteiger partial charge in [-0.1, -0.05) is 43.5 Å². The third-order valence-electron chi connectivity index (χ3n) is 3.27. The molecule has 4 heteroatoms. The van der Waals surface area contributed by atoms with Crippen molar-refractivity contribution in [2.45, 2.75) is 13.8 Å². The Morgan fingerprint density at radius 2 is 1.48 bits per heavy atom. The lowest BCUT2D eigenvalue weighted by atomic mass is 10.1. The molecule has 0 amide bonds. The van der Waals surface area contributed by atoms with Crippen molar-refractivity contribution < 1.29 is 19.1 Å². The number of ether oxygens (including phenoxy) is 2. The van der Waals surface area contributed by atoms with Crippen LogP contribution in [0.1, 0.15) is 19.4 Å². The van der Waals surface area contributed by atoms with Crippen LogP contribution in [0.3, 0.4) is 0 Å². The number of rotatable bonds is 5. The summed E-state index contributed by atoms with van der Waals surface area (Å²) in [7, 11) is 0. The average Bonchev–Trinajstić information content (AvgIpc) is 2.81. The van der Waals surface area contributed by atoms with E-state index in [1.807, 2.05) is 24.3 Å². The molecule has 2 rings (SSSR count). The highest BCUT2D eigenvalue weighted by Gasteiger charge is 2.10. The van der Waals surface area contributed by atoms with E-state index in [0.29, 0.717) is 22.7 Å². The molecule has 0 saturated heterocycles. The molecule has 0 spiro atoms. The maximum atomic E-state index is 11.6. The van der Waals surface area contributed by atoms with Crippen molar-refractivity contribution in [2.24, 2.45) is 0 Å². The van der Waals surface area contributed by atoms with E-state index in [-0.39, 0.29) is 0 Å². The molecule has 0 atom stereocenters. The topological polar surface area (TPSA) is 52.6 Å². The largest absolute Gasteiger partial charge is 0.427 e. The molecule has 1 aliphatic carbocycles. The Morgan fingerprint density at radius 3 is 2.08 bits per heavy atom. The second-order valence-electron chi connectivity index (χ2n) is 5.58. The summed E-state index contributed by atoms with van der Waals surface area (Å²) in [6, 6.07) is 7.11. The first-order valence-electron chi connectivity index (χ1n) is 7.66. The van der Waals surface area contributed by atoms with Crippen molar-refractivity contribution in [3.63, 3.8) is 0 Å². The molecule has 4 nitrogen and oxygen atoms in total. The number of hydrogen-bond donors (Lipinski definition) is 0. The Labute approximate surface area is 147 Å². The second kappa shape index (κ2) is 8.11. The van der Waals surface area contributed by atoms with E-state index in [2.05, 4.69) is 13.2 Å². The highest BCUT2D eigenvalue weighted by molar-refractivity contribution is 5.89. The number of benzene rings is 1. The van der Waals surface area contributed by atoms with Crippen LogP contribution in [0, 0.1) is 6.42 Å². The molecule has 127 valence electrons. The Hall–Kier alpha value is -3.14. The summed E-state index contributed by atoms with van der Waals surface area (Å²) in [6.07, 6.45) is 8.95. The molecule has 0 saturated carbocycles. The fraction of sp³-hybridized carbons (Fsp3) is 0.0952. The van der Waals surface area contributed by atoms with Crippen molar-refractivity contribution in [2.75, 3.05) is 0 Å². The highest BCUT2D eigenvalue weighted by Crippen LogP contribution is 2.23. The van der Waals surface area contributed by atoms with E-state index in [9.17, 15) is 9.59 Å². The van der Waals surface area contributed by atoms with Crippen LogP contribution in [-0.2, 0) is 14.3 Å². The van der Waals surface area contributed by atoms with Crippen LogP contribution in [0.15, 0.2) is 78.6 Å². The van der Waals surface area contributed by atoms with Crippen LogP contribution in [0.25, 0.3) is 5.57 Å². The molecule has 0 bridgehead atoms. The van der Waals surface area contributed by atoms with Gasteiger partial charge in [-0.15, -0.1) is 0 Å². The van der Waals surface area contributed by atoms with Gasteiger partial charge in [0, 0.05) is 17.6 Å². The first-order chi connectivity index (χ1) is 11.9. The lowest BCUT2D eigenvalue weighted by Gasteiger charge is -2.06. The number of carbonyl (C=O) groups is 2. The molecule has 0 heterocycles. The molecule has 25 heavy (non-hydrogen) atoms. The first-order valence-corrected chi connectivity index (χ1v) is 7.66. The summed E-state index contributed by atoms with van der Waals surface area (Å²) in [5.74, 6) is -0.0290. The van der Waals surface area contributed by atoms with Gasteiger partial charge in [-0.3, -0.25) is 0 Å². The maximum absolute atomic E-state index is 11.6. The van der Waals surface area contributed by atoms with E-state index in [0.717, 1.165) is 11.1 Å². The minimum absolute atomic E-state index is 0.339. The monoisotopic (exact) mass is 335 g/mol. The van der Waals surface area contributed by atoms with Gasteiger partial charge in [0.05, 0.1) is 0 Å². The summed E-state index contributed by atoms with van der Waals surface area (Å²) in [6.45, 7) is 10.3. The van der Waals surface area contributed by atoms with Gasteiger partial charge in [-0.2, -0.15) is 0 Å². The van der Waals surface area contributed by atoms with E-state index >= 15 is 0 Å². The third-order valence-corrected chi connectivity index (χ3v) is 3.27. The van der Waals surface area contributed by atoms with Crippen LogP contribution >= 0.6 is 0 Å². The van der Waals surface area contributed by atoms with Crippen LogP contribution in [0.5, 0.6) is 5.75 Å². The molecule has 1 aliphatic rings. The minimum atomic E-state index is -0.462. The SMILES string of the molecule is C=C(C)C(=O)OC1=CC=C(c2ccc(OC(=O)C(=C)C)cc2)C=C[CH]1. The molecule has 0 unspecified atom stereocenters. The Morgan fingerprint density at radius 1 is 0.880 bits per heavy atom. The third kappa shape index (κ3) is 5.18. The molecule has 1 radical (unpaired) electrons. The zero-order chi connectivity index (χ0) is 18.4. The minimum Gasteiger partial charge on any atom is -0.427 e. The van der Waals surface area contributed by atoms with Gasteiger partial charge in [-0.25, -0.2) is 9.59 Å². The second-order valence-corrected chi connectivity index (χ2v) is 5.58. The van der Waals surface area contributed by atoms with Gasteiger partial charge in [0.2, 0.25) is 0 Å². The molecular weight excluding hydrogens is 316 g/mol. The molecule has 1 aromatic rings. The molecule has 0 aliphatic heterocycles. The lowest BCUT2D eigenvalue weighted by molar-refractivity contribution is -0.134. The smallest absolute Gasteiger partial charge is 0.338 e. The average molecular weight is 335 g/mol. The number of hydrogen-bond acceptors (Lipinski definition) is 4. The van der Waals surface area contributed by atoms with Gasteiger partial charge < -0.3 is 9.47 Å². The Bertz CT molecular complexity index is 805. The number of esters is 2. The predicted molar refractivity (Wildman–Crippen MR) is 97.3 cm³/mol. The van der Waals surface area contributed by atoms with Crippen molar-refractivity contribution in [3.05, 3.63) is 90.6 Å². The summed E-state index contributed by atoms with van der Waals surface area (Å²) in [4.78, 5) is 23.1. The van der Waals surface area contributed by atoms with E-state index in [1.165, 1.54) is 0 Å². The van der Waals surface area contributed by atoms with E-state index < -0.39 is 11.9 Å². The van der Waals surface area contributed by atoms with Gasteiger partial charge in [0.1, 0.15) is 11.5 Å². The van der Waals surface area contributed by atoms with Crippen LogP contribution in [-0.4, -0.2) is 11.9 Å². The zero-order valence-corrected chi connectivity index (χ0v) is 14.2. The lowest BCUT2D eigenvalue weighted by Crippen LogP contribution is -2.07. The Kier molecular flexibility index (Phi) is 5.90. The molecule has 0 aromatic heterocycles. The van der Waals surface area contributed by atoms with Gasteiger partial charge in [-0.05, 0) is 43.2 Å². The van der Waals surface area contributed by atoms with Crippen molar-refractivity contribution in [3.8, 4) is 5.75 Å². The molecule has 0 N–H and O–H groups in total. The summed E-state index contributed by atoms with van der Waals surface area (Å²) < 4.78 is 10.4. The normalized spacial score (nSPS) is 13.2. The molecule has 0 fully saturated rings. The van der Waals surface area contributed by atoms with Gasteiger partial charge in [0.15, 0.2) is 0 Å². The Balaban J connectivity index is 2.13. The number of carbonyl (C=O) groups excluding carboxylic acids is 2. The summed E-state index contributed by atoms with van der Waals surface area (Å²) in [5, 5.41) is 0.